The van der Waals surface area contributed by atoms with Gasteiger partial charge >= 0.3 is 17.9 Å². The fourth-order valence-electron chi connectivity index (χ4n) is 6.01. The zero-order valence-corrected chi connectivity index (χ0v) is 28.2. The Labute approximate surface area is 286 Å². The second kappa shape index (κ2) is 19.3. The summed E-state index contributed by atoms with van der Waals surface area (Å²) >= 11 is 0. The Bertz CT molecular complexity index is 1380. The van der Waals surface area contributed by atoms with E-state index < -0.39 is 60.1 Å². The molecule has 0 saturated carbocycles. The van der Waals surface area contributed by atoms with Gasteiger partial charge in [-0.05, 0) is 43.0 Å². The highest BCUT2D eigenvalue weighted by atomic mass is 16.7. The summed E-state index contributed by atoms with van der Waals surface area (Å²) < 4.78 is 16.2. The number of esters is 1. The van der Waals surface area contributed by atoms with Crippen molar-refractivity contribution in [3.8, 4) is 23.0 Å². The van der Waals surface area contributed by atoms with Gasteiger partial charge in [0.15, 0.2) is 6.10 Å². The highest BCUT2D eigenvalue weighted by Gasteiger charge is 2.48. The van der Waals surface area contributed by atoms with Crippen LogP contribution in [0.2, 0.25) is 0 Å². The van der Waals surface area contributed by atoms with Crippen LogP contribution in [-0.2, 0) is 16.0 Å². The number of aliphatic hydroxyl groups excluding tert-OH is 3. The average Bonchev–Trinajstić information content (AvgIpc) is 3.02. The third kappa shape index (κ3) is 11.3. The third-order valence-electron chi connectivity index (χ3n) is 8.70. The highest BCUT2D eigenvalue weighted by Crippen LogP contribution is 2.34. The van der Waals surface area contributed by atoms with Crippen molar-refractivity contribution < 1.29 is 64.3 Å². The second-order valence-electron chi connectivity index (χ2n) is 12.7. The molecule has 1 heterocycles. The molecular formula is C36H50O13. The van der Waals surface area contributed by atoms with E-state index in [1.165, 1.54) is 70.4 Å². The average molecular weight is 691 g/mol. The molecule has 5 atom stereocenters. The number of ether oxygens (including phenoxy) is 3. The monoisotopic (exact) mass is 690 g/mol. The Morgan fingerprint density at radius 2 is 1.22 bits per heavy atom. The lowest BCUT2D eigenvalue weighted by atomic mass is 9.98. The number of aromatic hydroxyl groups is 2. The van der Waals surface area contributed by atoms with Gasteiger partial charge in [0.1, 0.15) is 52.4 Å². The molecule has 49 heavy (non-hydrogen) atoms. The van der Waals surface area contributed by atoms with E-state index in [9.17, 15) is 50.1 Å². The number of phenolic OH excluding ortho intramolecular Hbond substituents is 1. The van der Waals surface area contributed by atoms with Crippen molar-refractivity contribution in [2.45, 2.75) is 134 Å². The third-order valence-corrected chi connectivity index (χ3v) is 8.70. The van der Waals surface area contributed by atoms with Gasteiger partial charge in [0.2, 0.25) is 6.29 Å². The number of carboxylic acids is 2. The van der Waals surface area contributed by atoms with Crippen LogP contribution in [0.1, 0.15) is 122 Å². The highest BCUT2D eigenvalue weighted by molar-refractivity contribution is 5.96. The number of unbranched alkanes of at least 4 members (excludes halogenated alkanes) is 12. The molecule has 0 amide bonds. The Hall–Kier alpha value is -3.91. The molecule has 1 saturated heterocycles. The van der Waals surface area contributed by atoms with Gasteiger partial charge in [0.25, 0.3) is 0 Å². The fourth-order valence-corrected chi connectivity index (χ4v) is 6.01. The molecule has 1 fully saturated rings. The Morgan fingerprint density at radius 1 is 0.694 bits per heavy atom. The molecule has 272 valence electrons. The second-order valence-corrected chi connectivity index (χ2v) is 12.7. The molecule has 1 aliphatic rings. The van der Waals surface area contributed by atoms with Gasteiger partial charge in [0, 0.05) is 12.1 Å². The number of carbonyl (C=O) groups excluding carboxylic acids is 1. The molecule has 7 N–H and O–H groups in total. The number of hydrogen-bond acceptors (Lipinski definition) is 11. The van der Waals surface area contributed by atoms with Crippen LogP contribution in [0.25, 0.3) is 0 Å². The molecule has 3 rings (SSSR count). The smallest absolute Gasteiger partial charge is 0.347 e. The van der Waals surface area contributed by atoms with E-state index in [1.807, 2.05) is 0 Å². The van der Waals surface area contributed by atoms with Crippen LogP contribution >= 0.6 is 0 Å². The summed E-state index contributed by atoms with van der Waals surface area (Å²) in [5, 5.41) is 70.4. The van der Waals surface area contributed by atoms with E-state index in [4.69, 9.17) is 14.2 Å². The topological polar surface area (TPSA) is 221 Å². The SMILES string of the molecule is CCCCCCCCCCCCCCCc1cc(O[C@H]2O[C@@H](C(=O)O)[C@@H](O)[C@@H](O)[C@H]2O)cc(O)c1C(=O)Oc1cc(C)c(C(=O)O)c(O)c1. The van der Waals surface area contributed by atoms with Crippen molar-refractivity contribution >= 4 is 17.9 Å². The number of carbonyl (C=O) groups is 3. The van der Waals surface area contributed by atoms with Gasteiger partial charge in [-0.25, -0.2) is 14.4 Å². The largest absolute Gasteiger partial charge is 0.507 e. The minimum absolute atomic E-state index is 0.116. The van der Waals surface area contributed by atoms with Crippen LogP contribution in [0.4, 0.5) is 0 Å². The molecule has 13 heteroatoms. The maximum Gasteiger partial charge on any atom is 0.347 e. The molecule has 0 bridgehead atoms. The normalized spacial score (nSPS) is 20.6. The first kappa shape index (κ1) is 39.5. The first-order valence-electron chi connectivity index (χ1n) is 17.1. The summed E-state index contributed by atoms with van der Waals surface area (Å²) in [6, 6.07) is 4.68. The fraction of sp³-hybridized carbons (Fsp3) is 0.583. The molecule has 13 nitrogen and oxygen atoms in total. The van der Waals surface area contributed by atoms with Gasteiger partial charge in [-0.1, -0.05) is 84.0 Å². The number of rotatable bonds is 20. The maximum atomic E-state index is 13.4. The number of carboxylic acid groups (broad SMARTS) is 2. The van der Waals surface area contributed by atoms with Crippen molar-refractivity contribution in [3.05, 3.63) is 46.5 Å². The van der Waals surface area contributed by atoms with Crippen LogP contribution in [0, 0.1) is 6.92 Å². The summed E-state index contributed by atoms with van der Waals surface area (Å²) in [5.41, 5.74) is -0.114. The van der Waals surface area contributed by atoms with Gasteiger partial charge in [-0.15, -0.1) is 0 Å². The van der Waals surface area contributed by atoms with Crippen molar-refractivity contribution in [1.82, 2.24) is 0 Å². The van der Waals surface area contributed by atoms with Crippen LogP contribution < -0.4 is 9.47 Å². The molecule has 0 radical (unpaired) electrons. The Kier molecular flexibility index (Phi) is 15.6. The summed E-state index contributed by atoms with van der Waals surface area (Å²) in [4.78, 5) is 36.3. The molecule has 2 aromatic rings. The predicted molar refractivity (Wildman–Crippen MR) is 177 cm³/mol. The van der Waals surface area contributed by atoms with Crippen molar-refractivity contribution in [2.24, 2.45) is 0 Å². The number of phenols is 2. The van der Waals surface area contributed by atoms with Gasteiger partial charge in [-0.2, -0.15) is 0 Å². The summed E-state index contributed by atoms with van der Waals surface area (Å²) in [6.07, 6.45) is 5.70. The zero-order chi connectivity index (χ0) is 36.1. The molecule has 0 spiro atoms. The standard InChI is InChI=1S/C36H50O13/c1-3-4-5-6-7-8-9-10-11-12-13-14-15-16-22-18-24(48-36-31(41)29(39)30(40)32(49-36)34(44)45)20-26(38)28(22)35(46)47-23-17-21(2)27(33(42)43)25(37)19-23/h17-20,29-32,36-41H,3-16H2,1-2H3,(H,42,43)(H,44,45)/t29-,30+,31-,32-,36+/m1/s1. The Morgan fingerprint density at radius 3 is 1.76 bits per heavy atom. The van der Waals surface area contributed by atoms with E-state index in [0.717, 1.165) is 37.8 Å². The lowest BCUT2D eigenvalue weighted by molar-refractivity contribution is -0.271. The number of hydrogen-bond donors (Lipinski definition) is 7. The zero-order valence-electron chi connectivity index (χ0n) is 28.2. The maximum absolute atomic E-state index is 13.4. The number of aliphatic carboxylic acids is 1. The lowest BCUT2D eigenvalue weighted by Gasteiger charge is -2.38. The van der Waals surface area contributed by atoms with Crippen molar-refractivity contribution in [1.29, 1.82) is 0 Å². The quantitative estimate of drug-likeness (QED) is 0.0538. The molecule has 0 aliphatic carbocycles. The number of aryl methyl sites for hydroxylation is 2. The van der Waals surface area contributed by atoms with Crippen LogP contribution in [-0.4, -0.2) is 84.4 Å². The minimum atomic E-state index is -1.92. The van der Waals surface area contributed by atoms with E-state index >= 15 is 0 Å². The summed E-state index contributed by atoms with van der Waals surface area (Å²) in [6.45, 7) is 3.64. The minimum Gasteiger partial charge on any atom is -0.507 e. The lowest BCUT2D eigenvalue weighted by Crippen LogP contribution is -2.61. The molecule has 2 aromatic carbocycles. The first-order valence-corrected chi connectivity index (χ1v) is 17.1. The number of aromatic carboxylic acids is 1. The van der Waals surface area contributed by atoms with E-state index in [1.54, 1.807) is 0 Å². The number of aliphatic hydroxyl groups is 3. The van der Waals surface area contributed by atoms with Crippen molar-refractivity contribution in [3.63, 3.8) is 0 Å². The van der Waals surface area contributed by atoms with E-state index in [0.29, 0.717) is 18.4 Å². The molecule has 1 aliphatic heterocycles. The van der Waals surface area contributed by atoms with Gasteiger partial charge < -0.3 is 50.0 Å². The molecule has 0 aromatic heterocycles. The molecule has 0 unspecified atom stereocenters. The van der Waals surface area contributed by atoms with Crippen LogP contribution in [0.3, 0.4) is 0 Å². The summed E-state index contributed by atoms with van der Waals surface area (Å²) in [7, 11) is 0. The van der Waals surface area contributed by atoms with Crippen molar-refractivity contribution in [2.75, 3.05) is 0 Å². The first-order chi connectivity index (χ1) is 23.3. The van der Waals surface area contributed by atoms with Crippen LogP contribution in [0.5, 0.6) is 23.0 Å². The summed E-state index contributed by atoms with van der Waals surface area (Å²) in [5.74, 6) is -5.38. The van der Waals surface area contributed by atoms with Gasteiger partial charge in [0.05, 0.1) is 0 Å². The Balaban J connectivity index is 1.72. The predicted octanol–water partition coefficient (Wildman–Crippen LogP) is 5.23. The van der Waals surface area contributed by atoms with Crippen LogP contribution in [0.15, 0.2) is 24.3 Å². The van der Waals surface area contributed by atoms with E-state index in [2.05, 4.69) is 6.92 Å². The molecular weight excluding hydrogens is 640 g/mol. The van der Waals surface area contributed by atoms with E-state index in [-0.39, 0.29) is 28.2 Å². The van der Waals surface area contributed by atoms with Gasteiger partial charge in [-0.3, -0.25) is 0 Å². The number of benzene rings is 2.